The van der Waals surface area contributed by atoms with Crippen LogP contribution in [0.1, 0.15) is 91.4 Å². The van der Waals surface area contributed by atoms with Gasteiger partial charge in [0.1, 0.15) is 6.17 Å². The summed E-state index contributed by atoms with van der Waals surface area (Å²) in [5, 5.41) is 9.08. The Hall–Kier alpha value is -0.600. The van der Waals surface area contributed by atoms with Crippen LogP contribution in [0.15, 0.2) is 0 Å². The molecule has 4 fully saturated rings. The zero-order valence-corrected chi connectivity index (χ0v) is 17.6. The van der Waals surface area contributed by atoms with Gasteiger partial charge in [0.25, 0.3) is 0 Å². The summed E-state index contributed by atoms with van der Waals surface area (Å²) < 4.78 is 15.6. The molecule has 0 spiro atoms. The number of hydrogen-bond donors (Lipinski definition) is 1. The third kappa shape index (κ3) is 3.06. The highest BCUT2D eigenvalue weighted by Crippen LogP contribution is 2.68. The molecule has 4 aliphatic rings. The predicted molar refractivity (Wildman–Crippen MR) is 106 cm³/mol. The van der Waals surface area contributed by atoms with E-state index in [1.807, 2.05) is 0 Å². The quantitative estimate of drug-likeness (QED) is 0.607. The summed E-state index contributed by atoms with van der Waals surface area (Å²) in [4.78, 5) is 11.0. The molecule has 0 aromatic rings. The lowest BCUT2D eigenvalue weighted by Gasteiger charge is -2.61. The molecule has 0 saturated heterocycles. The van der Waals surface area contributed by atoms with E-state index in [2.05, 4.69) is 20.8 Å². The fraction of sp³-hybridized carbons (Fsp3) is 0.958. The maximum absolute atomic E-state index is 15.6. The van der Waals surface area contributed by atoms with Gasteiger partial charge in [-0.2, -0.15) is 0 Å². The van der Waals surface area contributed by atoms with Crippen molar-refractivity contribution in [2.24, 2.45) is 46.3 Å². The molecule has 0 aliphatic heterocycles. The Bertz CT molecular complexity index is 577. The van der Waals surface area contributed by atoms with Gasteiger partial charge in [0.15, 0.2) is 0 Å². The highest BCUT2D eigenvalue weighted by molar-refractivity contribution is 5.66. The Morgan fingerprint density at radius 3 is 2.56 bits per heavy atom. The van der Waals surface area contributed by atoms with Crippen molar-refractivity contribution in [3.05, 3.63) is 0 Å². The van der Waals surface area contributed by atoms with Crippen LogP contribution in [-0.2, 0) is 4.79 Å². The zero-order chi connectivity index (χ0) is 19.4. The summed E-state index contributed by atoms with van der Waals surface area (Å²) in [6.07, 6.45) is 11.2. The Balaban J connectivity index is 1.56. The van der Waals surface area contributed by atoms with E-state index in [0.717, 1.165) is 12.8 Å². The van der Waals surface area contributed by atoms with Gasteiger partial charge in [-0.05, 0) is 97.7 Å². The fourth-order valence-corrected chi connectivity index (χ4v) is 8.73. The number of rotatable bonds is 4. The van der Waals surface area contributed by atoms with Crippen LogP contribution in [-0.4, -0.2) is 17.2 Å². The van der Waals surface area contributed by atoms with E-state index in [1.54, 1.807) is 0 Å². The second-order valence-corrected chi connectivity index (χ2v) is 11.1. The number of carboxylic acid groups (broad SMARTS) is 1. The molecule has 9 atom stereocenters. The van der Waals surface area contributed by atoms with E-state index >= 15 is 4.39 Å². The number of carbonyl (C=O) groups is 1. The average molecular weight is 379 g/mol. The second kappa shape index (κ2) is 7.02. The van der Waals surface area contributed by atoms with Gasteiger partial charge in [-0.25, -0.2) is 4.39 Å². The van der Waals surface area contributed by atoms with Crippen molar-refractivity contribution in [1.82, 2.24) is 0 Å². The molecule has 2 nitrogen and oxygen atoms in total. The largest absolute Gasteiger partial charge is 0.481 e. The second-order valence-electron chi connectivity index (χ2n) is 11.1. The molecule has 154 valence electrons. The molecule has 4 aliphatic carbocycles. The summed E-state index contributed by atoms with van der Waals surface area (Å²) in [6, 6.07) is 0. The molecule has 1 N–H and O–H groups in total. The van der Waals surface area contributed by atoms with Crippen LogP contribution in [0.3, 0.4) is 0 Å². The van der Waals surface area contributed by atoms with Crippen LogP contribution >= 0.6 is 0 Å². The van der Waals surface area contributed by atoms with E-state index in [1.165, 1.54) is 51.4 Å². The van der Waals surface area contributed by atoms with Crippen LogP contribution in [0.2, 0.25) is 0 Å². The van der Waals surface area contributed by atoms with Crippen molar-refractivity contribution in [3.63, 3.8) is 0 Å². The average Bonchev–Trinajstić information content (AvgIpc) is 2.97. The Morgan fingerprint density at radius 2 is 1.81 bits per heavy atom. The summed E-state index contributed by atoms with van der Waals surface area (Å²) in [7, 11) is 0. The van der Waals surface area contributed by atoms with Gasteiger partial charge in [-0.15, -0.1) is 0 Å². The number of carboxylic acids is 1. The van der Waals surface area contributed by atoms with Crippen LogP contribution in [0.4, 0.5) is 4.39 Å². The molecule has 9 unspecified atom stereocenters. The summed E-state index contributed by atoms with van der Waals surface area (Å²) >= 11 is 0. The number of hydrogen-bond acceptors (Lipinski definition) is 1. The molecule has 0 aromatic heterocycles. The minimum Gasteiger partial charge on any atom is -0.481 e. The van der Waals surface area contributed by atoms with Crippen molar-refractivity contribution >= 4 is 5.97 Å². The van der Waals surface area contributed by atoms with Crippen molar-refractivity contribution in [1.29, 1.82) is 0 Å². The summed E-state index contributed by atoms with van der Waals surface area (Å²) in [5.41, 5.74) is 0.598. The van der Waals surface area contributed by atoms with Crippen LogP contribution in [0, 0.1) is 46.3 Å². The third-order valence-electron chi connectivity index (χ3n) is 10.1. The van der Waals surface area contributed by atoms with E-state index < -0.39 is 12.1 Å². The number of alkyl halides is 1. The Morgan fingerprint density at radius 1 is 1.07 bits per heavy atom. The molecule has 0 aromatic carbocycles. The molecular weight excluding hydrogens is 339 g/mol. The van der Waals surface area contributed by atoms with Gasteiger partial charge >= 0.3 is 5.97 Å². The van der Waals surface area contributed by atoms with Crippen molar-refractivity contribution in [3.8, 4) is 0 Å². The van der Waals surface area contributed by atoms with Gasteiger partial charge < -0.3 is 5.11 Å². The smallest absolute Gasteiger partial charge is 0.303 e. The maximum atomic E-state index is 15.6. The first-order valence-electron chi connectivity index (χ1n) is 11.6. The minimum atomic E-state index is -0.683. The Kier molecular flexibility index (Phi) is 5.13. The topological polar surface area (TPSA) is 37.3 Å². The molecule has 0 amide bonds. The van der Waals surface area contributed by atoms with E-state index in [4.69, 9.17) is 5.11 Å². The van der Waals surface area contributed by atoms with Crippen molar-refractivity contribution in [2.45, 2.75) is 97.6 Å². The van der Waals surface area contributed by atoms with Crippen LogP contribution in [0.25, 0.3) is 0 Å². The van der Waals surface area contributed by atoms with Crippen molar-refractivity contribution in [2.75, 3.05) is 0 Å². The van der Waals surface area contributed by atoms with Gasteiger partial charge in [-0.1, -0.05) is 33.6 Å². The highest BCUT2D eigenvalue weighted by atomic mass is 19.1. The molecule has 0 heterocycles. The lowest BCUT2D eigenvalue weighted by Crippen LogP contribution is -2.56. The summed E-state index contributed by atoms with van der Waals surface area (Å²) in [6.45, 7) is 7.19. The lowest BCUT2D eigenvalue weighted by atomic mass is 9.44. The lowest BCUT2D eigenvalue weighted by molar-refractivity contribution is -0.146. The highest BCUT2D eigenvalue weighted by Gasteiger charge is 2.62. The van der Waals surface area contributed by atoms with Crippen LogP contribution < -0.4 is 0 Å². The minimum absolute atomic E-state index is 0.224. The van der Waals surface area contributed by atoms with Gasteiger partial charge in [-0.3, -0.25) is 4.79 Å². The zero-order valence-electron chi connectivity index (χ0n) is 17.6. The van der Waals surface area contributed by atoms with E-state index in [9.17, 15) is 4.79 Å². The first-order chi connectivity index (χ1) is 12.8. The standard InChI is InChI=1S/C24H39FO2/c1-15(7-10-21(26)27)17-8-9-18-22-19(11-13-24(17,18)3)23(2)12-5-4-6-16(23)14-20(22)25/h15-20,22H,4-14H2,1-3H3,(H,26,27). The van der Waals surface area contributed by atoms with E-state index in [0.29, 0.717) is 35.0 Å². The molecule has 4 saturated carbocycles. The SMILES string of the molecule is CC(CCC(=O)O)C1CCC2C3C(F)CC4CCCCC4(C)C3CCC12C. The predicted octanol–water partition coefficient (Wildman–Crippen LogP) is 6.48. The van der Waals surface area contributed by atoms with E-state index in [-0.39, 0.29) is 17.8 Å². The molecule has 3 heteroatoms. The molecule has 4 rings (SSSR count). The van der Waals surface area contributed by atoms with Crippen LogP contribution in [0.5, 0.6) is 0 Å². The Labute approximate surface area is 164 Å². The van der Waals surface area contributed by atoms with Gasteiger partial charge in [0.2, 0.25) is 0 Å². The van der Waals surface area contributed by atoms with Gasteiger partial charge in [0, 0.05) is 6.42 Å². The molecule has 0 radical (unpaired) electrons. The number of aliphatic carboxylic acids is 1. The number of fused-ring (bicyclic) bond motifs is 5. The first-order valence-corrected chi connectivity index (χ1v) is 11.6. The maximum Gasteiger partial charge on any atom is 0.303 e. The first kappa shape index (κ1) is 19.7. The molecule has 0 bridgehead atoms. The molecular formula is C24H39FO2. The van der Waals surface area contributed by atoms with Crippen molar-refractivity contribution < 1.29 is 14.3 Å². The van der Waals surface area contributed by atoms with Gasteiger partial charge in [0.05, 0.1) is 0 Å². The fourth-order valence-electron chi connectivity index (χ4n) is 8.73. The summed E-state index contributed by atoms with van der Waals surface area (Å²) in [5.74, 6) is 2.30. The third-order valence-corrected chi connectivity index (χ3v) is 10.1. The monoisotopic (exact) mass is 378 g/mol. The number of halogens is 1. The normalized spacial score (nSPS) is 50.4. The molecule has 27 heavy (non-hydrogen) atoms.